The summed E-state index contributed by atoms with van der Waals surface area (Å²) < 4.78 is 4.92. The Bertz CT molecular complexity index is 250. The van der Waals surface area contributed by atoms with Gasteiger partial charge < -0.3 is 9.64 Å². The molecule has 0 atom stereocenters. The van der Waals surface area contributed by atoms with E-state index in [1.165, 1.54) is 0 Å². The molecule has 1 rings (SSSR count). The van der Waals surface area contributed by atoms with E-state index in [9.17, 15) is 0 Å². The predicted molar refractivity (Wildman–Crippen MR) is 47.1 cm³/mol. The summed E-state index contributed by atoms with van der Waals surface area (Å²) in [5.41, 5.74) is 0. The molecule has 0 N–H and O–H groups in total. The van der Waals surface area contributed by atoms with E-state index in [-0.39, 0.29) is 0 Å². The van der Waals surface area contributed by atoms with Crippen molar-refractivity contribution in [3.05, 3.63) is 18.1 Å². The highest BCUT2D eigenvalue weighted by Gasteiger charge is 1.99. The summed E-state index contributed by atoms with van der Waals surface area (Å²) in [4.78, 5) is 10.2. The molecule has 1 aromatic heterocycles. The van der Waals surface area contributed by atoms with Crippen LogP contribution in [0.15, 0.2) is 12.3 Å². The molecule has 4 nitrogen and oxygen atoms in total. The molecule has 0 aliphatic rings. The third kappa shape index (κ3) is 2.17. The summed E-state index contributed by atoms with van der Waals surface area (Å²) in [5, 5.41) is 0. The Kier molecular flexibility index (Phi) is 2.99. The van der Waals surface area contributed by atoms with Gasteiger partial charge in [0.05, 0.1) is 0 Å². The molecule has 0 fully saturated rings. The fourth-order valence-electron chi connectivity index (χ4n) is 0.836. The van der Waals surface area contributed by atoms with E-state index in [2.05, 4.69) is 9.97 Å². The second-order valence-electron chi connectivity index (χ2n) is 2.66. The van der Waals surface area contributed by atoms with Crippen LogP contribution in [0.3, 0.4) is 0 Å². The Morgan fingerprint density at radius 2 is 2.25 bits per heavy atom. The molecule has 1 aromatic rings. The SMILES string of the molecule is COCc1nccc(N(C)C)n1. The van der Waals surface area contributed by atoms with Crippen LogP contribution in [0.1, 0.15) is 5.82 Å². The third-order valence-corrected chi connectivity index (χ3v) is 1.42. The number of ether oxygens (including phenoxy) is 1. The highest BCUT2D eigenvalue weighted by atomic mass is 16.5. The fraction of sp³-hybridized carbons (Fsp3) is 0.500. The molecule has 12 heavy (non-hydrogen) atoms. The van der Waals surface area contributed by atoms with Gasteiger partial charge >= 0.3 is 0 Å². The molecule has 4 heteroatoms. The van der Waals surface area contributed by atoms with E-state index in [0.717, 1.165) is 5.82 Å². The first-order valence-electron chi connectivity index (χ1n) is 3.72. The molecule has 0 unspecified atom stereocenters. The number of methoxy groups -OCH3 is 1. The first-order chi connectivity index (χ1) is 5.74. The average molecular weight is 167 g/mol. The smallest absolute Gasteiger partial charge is 0.156 e. The van der Waals surface area contributed by atoms with Crippen LogP contribution >= 0.6 is 0 Å². The van der Waals surface area contributed by atoms with Crippen LogP contribution < -0.4 is 4.90 Å². The van der Waals surface area contributed by atoms with Crippen molar-refractivity contribution >= 4 is 5.82 Å². The molecule has 0 saturated heterocycles. The van der Waals surface area contributed by atoms with Gasteiger partial charge in [-0.05, 0) is 6.07 Å². The number of aromatic nitrogens is 2. The molecule has 0 aliphatic heterocycles. The second kappa shape index (κ2) is 4.01. The zero-order valence-electron chi connectivity index (χ0n) is 7.61. The Morgan fingerprint density at radius 1 is 1.50 bits per heavy atom. The van der Waals surface area contributed by atoms with Gasteiger partial charge in [0.15, 0.2) is 5.82 Å². The molecular weight excluding hydrogens is 154 g/mol. The van der Waals surface area contributed by atoms with Gasteiger partial charge in [0, 0.05) is 27.4 Å². The average Bonchev–Trinajstić information content (AvgIpc) is 2.05. The molecule has 0 bridgehead atoms. The minimum absolute atomic E-state index is 0.460. The minimum Gasteiger partial charge on any atom is -0.377 e. The van der Waals surface area contributed by atoms with E-state index in [4.69, 9.17) is 4.74 Å². The number of hydrogen-bond acceptors (Lipinski definition) is 4. The maximum atomic E-state index is 4.92. The van der Waals surface area contributed by atoms with Crippen LogP contribution in [0.4, 0.5) is 5.82 Å². The van der Waals surface area contributed by atoms with Crippen molar-refractivity contribution in [2.24, 2.45) is 0 Å². The summed E-state index contributed by atoms with van der Waals surface area (Å²) >= 11 is 0. The molecule has 0 aliphatic carbocycles. The van der Waals surface area contributed by atoms with Crippen molar-refractivity contribution < 1.29 is 4.74 Å². The lowest BCUT2D eigenvalue weighted by Gasteiger charge is -2.10. The maximum Gasteiger partial charge on any atom is 0.156 e. The Morgan fingerprint density at radius 3 is 2.83 bits per heavy atom. The van der Waals surface area contributed by atoms with E-state index in [0.29, 0.717) is 12.4 Å². The molecular formula is C8H13N3O. The van der Waals surface area contributed by atoms with E-state index >= 15 is 0 Å². The lowest BCUT2D eigenvalue weighted by Crippen LogP contribution is -2.12. The highest BCUT2D eigenvalue weighted by molar-refractivity contribution is 5.34. The van der Waals surface area contributed by atoms with E-state index in [1.54, 1.807) is 13.3 Å². The van der Waals surface area contributed by atoms with Crippen molar-refractivity contribution in [3.8, 4) is 0 Å². The van der Waals surface area contributed by atoms with Crippen molar-refractivity contribution in [2.45, 2.75) is 6.61 Å². The van der Waals surface area contributed by atoms with E-state index in [1.807, 2.05) is 25.1 Å². The van der Waals surface area contributed by atoms with Crippen LogP contribution in [0.2, 0.25) is 0 Å². The number of rotatable bonds is 3. The number of nitrogens with zero attached hydrogens (tertiary/aromatic N) is 3. The third-order valence-electron chi connectivity index (χ3n) is 1.42. The summed E-state index contributed by atoms with van der Waals surface area (Å²) in [6.45, 7) is 0.460. The predicted octanol–water partition coefficient (Wildman–Crippen LogP) is 0.689. The first-order valence-corrected chi connectivity index (χ1v) is 3.72. The van der Waals surface area contributed by atoms with E-state index < -0.39 is 0 Å². The topological polar surface area (TPSA) is 38.2 Å². The van der Waals surface area contributed by atoms with Gasteiger partial charge in [-0.15, -0.1) is 0 Å². The molecule has 1 heterocycles. The summed E-state index contributed by atoms with van der Waals surface area (Å²) in [6, 6.07) is 1.86. The van der Waals surface area contributed by atoms with Crippen LogP contribution in [0.25, 0.3) is 0 Å². The van der Waals surface area contributed by atoms with Crippen molar-refractivity contribution in [1.82, 2.24) is 9.97 Å². The van der Waals surface area contributed by atoms with Crippen molar-refractivity contribution in [2.75, 3.05) is 26.1 Å². The summed E-state index contributed by atoms with van der Waals surface area (Å²) in [6.07, 6.45) is 1.73. The lowest BCUT2D eigenvalue weighted by atomic mass is 10.5. The molecule has 0 saturated carbocycles. The number of hydrogen-bond donors (Lipinski definition) is 0. The lowest BCUT2D eigenvalue weighted by molar-refractivity contribution is 0.178. The van der Waals surface area contributed by atoms with Crippen LogP contribution in [0, 0.1) is 0 Å². The quantitative estimate of drug-likeness (QED) is 0.664. The Balaban J connectivity index is 2.81. The Hall–Kier alpha value is -1.16. The summed E-state index contributed by atoms with van der Waals surface area (Å²) in [7, 11) is 5.52. The largest absolute Gasteiger partial charge is 0.377 e. The highest BCUT2D eigenvalue weighted by Crippen LogP contribution is 2.05. The zero-order valence-corrected chi connectivity index (χ0v) is 7.61. The number of anilines is 1. The monoisotopic (exact) mass is 167 g/mol. The molecule has 0 aromatic carbocycles. The van der Waals surface area contributed by atoms with Crippen LogP contribution in [-0.2, 0) is 11.3 Å². The van der Waals surface area contributed by atoms with Gasteiger partial charge in [-0.2, -0.15) is 0 Å². The molecule has 0 radical (unpaired) electrons. The van der Waals surface area contributed by atoms with Gasteiger partial charge in [-0.25, -0.2) is 9.97 Å². The van der Waals surface area contributed by atoms with Gasteiger partial charge in [0.1, 0.15) is 12.4 Å². The zero-order chi connectivity index (χ0) is 8.97. The minimum atomic E-state index is 0.460. The van der Waals surface area contributed by atoms with Crippen LogP contribution in [0.5, 0.6) is 0 Å². The Labute approximate surface area is 72.2 Å². The standard InChI is InChI=1S/C8H13N3O/c1-11(2)8-4-5-9-7(10-8)6-12-3/h4-5H,6H2,1-3H3. The van der Waals surface area contributed by atoms with Gasteiger partial charge in [-0.1, -0.05) is 0 Å². The fourth-order valence-corrected chi connectivity index (χ4v) is 0.836. The summed E-state index contributed by atoms with van der Waals surface area (Å²) in [5.74, 6) is 1.61. The van der Waals surface area contributed by atoms with Gasteiger partial charge in [-0.3, -0.25) is 0 Å². The maximum absolute atomic E-state index is 4.92. The van der Waals surface area contributed by atoms with Gasteiger partial charge in [0.25, 0.3) is 0 Å². The van der Waals surface area contributed by atoms with Crippen LogP contribution in [-0.4, -0.2) is 31.2 Å². The van der Waals surface area contributed by atoms with Crippen molar-refractivity contribution in [1.29, 1.82) is 0 Å². The van der Waals surface area contributed by atoms with Gasteiger partial charge in [0.2, 0.25) is 0 Å². The molecule has 0 amide bonds. The normalized spacial score (nSPS) is 9.92. The molecule has 66 valence electrons. The molecule has 0 spiro atoms. The van der Waals surface area contributed by atoms with Crippen molar-refractivity contribution in [3.63, 3.8) is 0 Å². The second-order valence-corrected chi connectivity index (χ2v) is 2.66. The first kappa shape index (κ1) is 8.93.